The molecule has 0 fully saturated rings. The van der Waals surface area contributed by atoms with Gasteiger partial charge in [-0.05, 0) is 121 Å². The van der Waals surface area contributed by atoms with Crippen LogP contribution in [0.15, 0.2) is 200 Å². The van der Waals surface area contributed by atoms with Crippen molar-refractivity contribution in [2.75, 3.05) is 4.90 Å². The smallest absolute Gasteiger partial charge is 0.137 e. The third kappa shape index (κ3) is 5.40. The summed E-state index contributed by atoms with van der Waals surface area (Å²) in [6.07, 6.45) is 0. The Kier molecular flexibility index (Phi) is 7.55. The number of hydrogen-bond donors (Lipinski definition) is 0. The molecule has 1 aliphatic heterocycles. The minimum absolute atomic E-state index is 0.136. The lowest BCUT2D eigenvalue weighted by molar-refractivity contribution is 0.488. The molecular formula is C55H39NO. The second-order valence-electron chi connectivity index (χ2n) is 15.7. The molecular weight excluding hydrogens is 691 g/mol. The van der Waals surface area contributed by atoms with Crippen LogP contribution in [0.4, 0.5) is 17.1 Å². The maximum atomic E-state index is 7.15. The third-order valence-corrected chi connectivity index (χ3v) is 12.0. The summed E-state index contributed by atoms with van der Waals surface area (Å²) in [4.78, 5) is 2.39. The normalized spacial score (nSPS) is 13.0. The van der Waals surface area contributed by atoms with Crippen molar-refractivity contribution in [3.63, 3.8) is 0 Å². The van der Waals surface area contributed by atoms with E-state index in [2.05, 4.69) is 219 Å². The Balaban J connectivity index is 1.13. The molecule has 0 radical (unpaired) electrons. The molecule has 2 heteroatoms. The third-order valence-electron chi connectivity index (χ3n) is 12.0. The van der Waals surface area contributed by atoms with E-state index in [4.69, 9.17) is 4.74 Å². The van der Waals surface area contributed by atoms with Gasteiger partial charge < -0.3 is 9.64 Å². The van der Waals surface area contributed by atoms with Gasteiger partial charge in [0.15, 0.2) is 0 Å². The van der Waals surface area contributed by atoms with E-state index < -0.39 is 0 Å². The highest BCUT2D eigenvalue weighted by atomic mass is 16.5. The fraction of sp³-hybridized carbons (Fsp3) is 0.0545. The molecule has 0 saturated carbocycles. The van der Waals surface area contributed by atoms with Crippen LogP contribution in [-0.2, 0) is 5.41 Å². The molecule has 11 rings (SSSR count). The molecule has 0 N–H and O–H groups in total. The van der Waals surface area contributed by atoms with E-state index in [0.717, 1.165) is 56.4 Å². The van der Waals surface area contributed by atoms with Crippen LogP contribution in [-0.4, -0.2) is 0 Å². The molecule has 0 unspecified atom stereocenters. The molecule has 1 aliphatic carbocycles. The van der Waals surface area contributed by atoms with Crippen molar-refractivity contribution in [2.24, 2.45) is 0 Å². The van der Waals surface area contributed by atoms with E-state index in [-0.39, 0.29) is 5.41 Å². The van der Waals surface area contributed by atoms with E-state index in [0.29, 0.717) is 0 Å². The van der Waals surface area contributed by atoms with Gasteiger partial charge in [-0.1, -0.05) is 153 Å². The van der Waals surface area contributed by atoms with Gasteiger partial charge in [-0.2, -0.15) is 0 Å². The first-order chi connectivity index (χ1) is 28.0. The summed E-state index contributed by atoms with van der Waals surface area (Å²) >= 11 is 0. The van der Waals surface area contributed by atoms with E-state index in [1.165, 1.54) is 49.7 Å². The van der Waals surface area contributed by atoms with E-state index >= 15 is 0 Å². The van der Waals surface area contributed by atoms with Crippen molar-refractivity contribution in [1.82, 2.24) is 0 Å². The molecule has 1 heterocycles. The summed E-state index contributed by atoms with van der Waals surface area (Å²) in [5.74, 6) is 1.67. The highest BCUT2D eigenvalue weighted by Gasteiger charge is 2.36. The number of fused-ring (bicyclic) bond motifs is 9. The highest BCUT2D eigenvalue weighted by molar-refractivity contribution is 6.03. The van der Waals surface area contributed by atoms with Crippen LogP contribution >= 0.6 is 0 Å². The first-order valence-electron chi connectivity index (χ1n) is 19.8. The summed E-state index contributed by atoms with van der Waals surface area (Å²) in [7, 11) is 0. The summed E-state index contributed by atoms with van der Waals surface area (Å²) in [6.45, 7) is 4.70. The second-order valence-corrected chi connectivity index (χ2v) is 15.7. The molecule has 9 aromatic rings. The maximum absolute atomic E-state index is 7.15. The highest BCUT2D eigenvalue weighted by Crippen LogP contribution is 2.54. The molecule has 0 aromatic heterocycles. The van der Waals surface area contributed by atoms with Crippen LogP contribution in [0, 0.1) is 0 Å². The second kappa shape index (κ2) is 13.0. The molecule has 0 bridgehead atoms. The van der Waals surface area contributed by atoms with Crippen molar-refractivity contribution in [1.29, 1.82) is 0 Å². The maximum Gasteiger partial charge on any atom is 0.137 e. The Hall–Kier alpha value is -7.16. The van der Waals surface area contributed by atoms with Crippen LogP contribution in [0.1, 0.15) is 25.0 Å². The van der Waals surface area contributed by atoms with Crippen molar-refractivity contribution in [2.45, 2.75) is 19.3 Å². The Morgan fingerprint density at radius 1 is 0.351 bits per heavy atom. The van der Waals surface area contributed by atoms with Gasteiger partial charge in [-0.25, -0.2) is 0 Å². The molecule has 9 aromatic carbocycles. The Labute approximate surface area is 333 Å². The zero-order chi connectivity index (χ0) is 38.1. The quantitative estimate of drug-likeness (QED) is 0.175. The summed E-state index contributed by atoms with van der Waals surface area (Å²) < 4.78 is 7.15. The van der Waals surface area contributed by atoms with Gasteiger partial charge >= 0.3 is 0 Å². The van der Waals surface area contributed by atoms with Gasteiger partial charge in [0.1, 0.15) is 11.5 Å². The van der Waals surface area contributed by atoms with E-state index in [1.54, 1.807) is 0 Å². The average Bonchev–Trinajstić information content (AvgIpc) is 3.40. The number of ether oxygens (including phenoxy) is 1. The standard InChI is InChI=1S/C55H39NO/c1-55(2)50-25-12-11-23-45(50)46-29-27-42(34-51(46)55)56(41-22-13-21-38(31-41)36-15-5-3-6-16-36)43-28-30-47-48-32-39-19-9-10-20-40(39)33-49(48)54-44(37-17-7-4-8-18-37)24-14-26-52(54)57-53(47)35-43/h3-35H,1-2H3. The fourth-order valence-corrected chi connectivity index (χ4v) is 9.23. The van der Waals surface area contributed by atoms with Gasteiger partial charge in [0.05, 0.1) is 0 Å². The van der Waals surface area contributed by atoms with Crippen LogP contribution < -0.4 is 9.64 Å². The van der Waals surface area contributed by atoms with Gasteiger partial charge in [0.25, 0.3) is 0 Å². The molecule has 270 valence electrons. The Bertz CT molecular complexity index is 3020. The van der Waals surface area contributed by atoms with Crippen molar-refractivity contribution in [3.05, 3.63) is 211 Å². The van der Waals surface area contributed by atoms with Crippen LogP contribution in [0.5, 0.6) is 11.5 Å². The lowest BCUT2D eigenvalue weighted by Crippen LogP contribution is -2.16. The molecule has 0 amide bonds. The van der Waals surface area contributed by atoms with Gasteiger partial charge in [-0.15, -0.1) is 0 Å². The fourth-order valence-electron chi connectivity index (χ4n) is 9.23. The average molecular weight is 730 g/mol. The van der Waals surface area contributed by atoms with Gasteiger partial charge in [0, 0.05) is 39.7 Å². The molecule has 0 saturated heterocycles. The SMILES string of the molecule is CC1(C)c2ccccc2-c2ccc(N(c3cccc(-c4ccccc4)c3)c3ccc4c(c3)Oc3cccc(-c5ccccc5)c3-c3cc5ccccc5cc3-4)cc21. The van der Waals surface area contributed by atoms with Crippen molar-refractivity contribution in [3.8, 4) is 67.1 Å². The van der Waals surface area contributed by atoms with E-state index in [9.17, 15) is 0 Å². The summed E-state index contributed by atoms with van der Waals surface area (Å²) in [5.41, 5.74) is 17.6. The first-order valence-corrected chi connectivity index (χ1v) is 19.8. The topological polar surface area (TPSA) is 12.5 Å². The van der Waals surface area contributed by atoms with E-state index in [1.807, 2.05) is 0 Å². The predicted molar refractivity (Wildman–Crippen MR) is 238 cm³/mol. The number of anilines is 3. The first kappa shape index (κ1) is 33.2. The number of hydrogen-bond acceptors (Lipinski definition) is 2. The molecule has 0 atom stereocenters. The number of benzene rings is 9. The lowest BCUT2D eigenvalue weighted by atomic mass is 9.82. The molecule has 0 spiro atoms. The minimum atomic E-state index is -0.136. The summed E-state index contributed by atoms with van der Waals surface area (Å²) in [6, 6.07) is 72.5. The monoisotopic (exact) mass is 729 g/mol. The largest absolute Gasteiger partial charge is 0.456 e. The van der Waals surface area contributed by atoms with Gasteiger partial charge in [-0.3, -0.25) is 0 Å². The van der Waals surface area contributed by atoms with Crippen LogP contribution in [0.2, 0.25) is 0 Å². The minimum Gasteiger partial charge on any atom is -0.456 e. The molecule has 57 heavy (non-hydrogen) atoms. The molecule has 2 nitrogen and oxygen atoms in total. The van der Waals surface area contributed by atoms with Crippen LogP contribution in [0.3, 0.4) is 0 Å². The summed E-state index contributed by atoms with van der Waals surface area (Å²) in [5, 5.41) is 2.41. The zero-order valence-corrected chi connectivity index (χ0v) is 31.9. The Morgan fingerprint density at radius 2 is 0.930 bits per heavy atom. The van der Waals surface area contributed by atoms with Crippen molar-refractivity contribution < 1.29 is 4.74 Å². The lowest BCUT2D eigenvalue weighted by Gasteiger charge is -2.29. The number of nitrogens with zero attached hydrogens (tertiary/aromatic N) is 1. The van der Waals surface area contributed by atoms with Crippen molar-refractivity contribution >= 4 is 27.8 Å². The number of rotatable bonds is 5. The zero-order valence-electron chi connectivity index (χ0n) is 31.9. The predicted octanol–water partition coefficient (Wildman–Crippen LogP) is 15.4. The van der Waals surface area contributed by atoms with Gasteiger partial charge in [0.2, 0.25) is 0 Å². The Morgan fingerprint density at radius 3 is 1.72 bits per heavy atom. The van der Waals surface area contributed by atoms with Crippen LogP contribution in [0.25, 0.3) is 66.4 Å². The molecule has 2 aliphatic rings.